The number of hydrogen-bond donors (Lipinski definition) is 1. The van der Waals surface area contributed by atoms with Gasteiger partial charge in [0.25, 0.3) is 0 Å². The minimum Gasteiger partial charge on any atom is -0.504 e. The van der Waals surface area contributed by atoms with Gasteiger partial charge < -0.3 is 28.8 Å². The Labute approximate surface area is 165 Å². The van der Waals surface area contributed by atoms with Crippen LogP contribution < -0.4 is 18.9 Å². The fraction of sp³-hybridized carbons (Fsp3) is 0.455. The molecule has 1 heterocycles. The van der Waals surface area contributed by atoms with Crippen molar-refractivity contribution in [1.29, 1.82) is 0 Å². The summed E-state index contributed by atoms with van der Waals surface area (Å²) in [6.45, 7) is 4.35. The van der Waals surface area contributed by atoms with E-state index in [1.54, 1.807) is 34.5 Å². The lowest BCUT2D eigenvalue weighted by molar-refractivity contribution is 0.0286. The van der Waals surface area contributed by atoms with E-state index >= 15 is 0 Å². The summed E-state index contributed by atoms with van der Waals surface area (Å²) in [7, 11) is 6.34. The third kappa shape index (κ3) is 3.44. The van der Waals surface area contributed by atoms with Crippen LogP contribution in [0.1, 0.15) is 37.2 Å². The maximum absolute atomic E-state index is 9.88. The summed E-state index contributed by atoms with van der Waals surface area (Å²) in [6, 6.07) is 9.23. The summed E-state index contributed by atoms with van der Waals surface area (Å²) in [5.74, 6) is 2.85. The van der Waals surface area contributed by atoms with E-state index in [1.807, 2.05) is 24.3 Å². The average Bonchev–Trinajstić information content (AvgIpc) is 3.02. The Morgan fingerprint density at radius 3 is 1.71 bits per heavy atom. The van der Waals surface area contributed by atoms with Crippen molar-refractivity contribution >= 4 is 0 Å². The molecule has 3 rings (SSSR count). The quantitative estimate of drug-likeness (QED) is 0.785. The molecule has 2 aromatic rings. The van der Waals surface area contributed by atoms with E-state index in [2.05, 4.69) is 13.8 Å². The number of rotatable bonds is 6. The van der Waals surface area contributed by atoms with Crippen LogP contribution in [0.25, 0.3) is 0 Å². The van der Waals surface area contributed by atoms with Gasteiger partial charge >= 0.3 is 0 Å². The zero-order valence-corrected chi connectivity index (χ0v) is 17.2. The zero-order valence-electron chi connectivity index (χ0n) is 17.2. The van der Waals surface area contributed by atoms with Crippen LogP contribution in [0, 0.1) is 11.8 Å². The van der Waals surface area contributed by atoms with Crippen LogP contribution in [0.3, 0.4) is 0 Å². The second-order valence-electron chi connectivity index (χ2n) is 7.09. The van der Waals surface area contributed by atoms with Crippen molar-refractivity contribution in [3.63, 3.8) is 0 Å². The molecule has 4 atom stereocenters. The normalized spacial score (nSPS) is 24.1. The van der Waals surface area contributed by atoms with Gasteiger partial charge in [-0.15, -0.1) is 0 Å². The van der Waals surface area contributed by atoms with Crippen molar-refractivity contribution < 1.29 is 28.8 Å². The van der Waals surface area contributed by atoms with Gasteiger partial charge in [-0.25, -0.2) is 0 Å². The SMILES string of the molecule is COc1cc([C@H]2O[C@H](c3cc(OC)c(OC)c(OC)c3)[C@@H](C)[C@@H]2C)ccc1O. The maximum Gasteiger partial charge on any atom is 0.203 e. The summed E-state index contributed by atoms with van der Waals surface area (Å²) >= 11 is 0. The molecule has 0 aliphatic carbocycles. The Morgan fingerprint density at radius 1 is 0.714 bits per heavy atom. The summed E-state index contributed by atoms with van der Waals surface area (Å²) in [4.78, 5) is 0. The minimum absolute atomic E-state index is 0.117. The highest BCUT2D eigenvalue weighted by Gasteiger charge is 2.41. The van der Waals surface area contributed by atoms with E-state index in [-0.39, 0.29) is 29.8 Å². The molecule has 1 fully saturated rings. The summed E-state index contributed by atoms with van der Waals surface area (Å²) < 4.78 is 28.1. The molecular weight excluding hydrogens is 360 g/mol. The van der Waals surface area contributed by atoms with Gasteiger partial charge in [0.05, 0.1) is 40.6 Å². The average molecular weight is 388 g/mol. The van der Waals surface area contributed by atoms with Gasteiger partial charge in [0.1, 0.15) is 0 Å². The second kappa shape index (κ2) is 8.19. The standard InChI is InChI=1S/C22H28O6/c1-12-13(2)21(15-10-18(25-4)22(27-6)19(11-15)26-5)28-20(12)14-7-8-16(23)17(9-14)24-3/h7-13,20-21,23H,1-6H3/t12-,13-,20-,21-/m0/s1. The van der Waals surface area contributed by atoms with Crippen LogP contribution in [-0.2, 0) is 4.74 Å². The number of methoxy groups -OCH3 is 4. The fourth-order valence-corrected chi connectivity index (χ4v) is 3.86. The monoisotopic (exact) mass is 388 g/mol. The highest BCUT2D eigenvalue weighted by atomic mass is 16.5. The first-order valence-corrected chi connectivity index (χ1v) is 9.27. The maximum atomic E-state index is 9.88. The van der Waals surface area contributed by atoms with Crippen molar-refractivity contribution in [2.24, 2.45) is 11.8 Å². The number of hydrogen-bond acceptors (Lipinski definition) is 6. The number of ether oxygens (including phenoxy) is 5. The first-order chi connectivity index (χ1) is 13.4. The summed E-state index contributed by atoms with van der Waals surface area (Å²) in [6.07, 6.45) is -0.248. The number of aromatic hydroxyl groups is 1. The van der Waals surface area contributed by atoms with Crippen molar-refractivity contribution in [1.82, 2.24) is 0 Å². The molecule has 0 amide bonds. The molecular formula is C22H28O6. The van der Waals surface area contributed by atoms with E-state index in [1.165, 1.54) is 0 Å². The van der Waals surface area contributed by atoms with Gasteiger partial charge in [-0.3, -0.25) is 0 Å². The van der Waals surface area contributed by atoms with Gasteiger partial charge in [-0.1, -0.05) is 19.9 Å². The van der Waals surface area contributed by atoms with E-state index in [9.17, 15) is 5.11 Å². The van der Waals surface area contributed by atoms with Crippen molar-refractivity contribution in [3.8, 4) is 28.7 Å². The Hall–Kier alpha value is -2.60. The summed E-state index contributed by atoms with van der Waals surface area (Å²) in [5.41, 5.74) is 1.95. The second-order valence-corrected chi connectivity index (χ2v) is 7.09. The topological polar surface area (TPSA) is 66.4 Å². The smallest absolute Gasteiger partial charge is 0.203 e. The van der Waals surface area contributed by atoms with E-state index < -0.39 is 0 Å². The fourth-order valence-electron chi connectivity index (χ4n) is 3.86. The molecule has 1 saturated heterocycles. The van der Waals surface area contributed by atoms with Crippen molar-refractivity contribution in [3.05, 3.63) is 41.5 Å². The van der Waals surface area contributed by atoms with Crippen LogP contribution in [0.4, 0.5) is 0 Å². The van der Waals surface area contributed by atoms with E-state index in [4.69, 9.17) is 23.7 Å². The van der Waals surface area contributed by atoms with Crippen molar-refractivity contribution in [2.45, 2.75) is 26.1 Å². The van der Waals surface area contributed by atoms with Gasteiger partial charge in [0.2, 0.25) is 5.75 Å². The van der Waals surface area contributed by atoms with E-state index in [0.29, 0.717) is 23.0 Å². The van der Waals surface area contributed by atoms with Gasteiger partial charge in [-0.05, 0) is 47.2 Å². The lowest BCUT2D eigenvalue weighted by Gasteiger charge is -2.20. The zero-order chi connectivity index (χ0) is 20.4. The molecule has 0 spiro atoms. The molecule has 0 radical (unpaired) electrons. The molecule has 0 bridgehead atoms. The molecule has 152 valence electrons. The molecule has 6 nitrogen and oxygen atoms in total. The molecule has 2 aromatic carbocycles. The van der Waals surface area contributed by atoms with Crippen LogP contribution in [-0.4, -0.2) is 33.5 Å². The predicted molar refractivity (Wildman–Crippen MR) is 106 cm³/mol. The van der Waals surface area contributed by atoms with Gasteiger partial charge in [0.15, 0.2) is 23.0 Å². The minimum atomic E-state index is -0.131. The number of phenols is 1. The Balaban J connectivity index is 1.97. The lowest BCUT2D eigenvalue weighted by Crippen LogP contribution is -2.10. The number of phenolic OH excluding ortho intramolecular Hbond substituents is 1. The summed E-state index contributed by atoms with van der Waals surface area (Å²) in [5, 5.41) is 9.88. The van der Waals surface area contributed by atoms with Crippen LogP contribution in [0.5, 0.6) is 28.7 Å². The largest absolute Gasteiger partial charge is 0.504 e. The Morgan fingerprint density at radius 2 is 1.21 bits per heavy atom. The molecule has 1 aliphatic rings. The van der Waals surface area contributed by atoms with Crippen LogP contribution >= 0.6 is 0 Å². The predicted octanol–water partition coefficient (Wildman–Crippen LogP) is 4.51. The highest BCUT2D eigenvalue weighted by Crippen LogP contribution is 2.51. The van der Waals surface area contributed by atoms with Crippen LogP contribution in [0.15, 0.2) is 30.3 Å². The van der Waals surface area contributed by atoms with E-state index in [0.717, 1.165) is 11.1 Å². The lowest BCUT2D eigenvalue weighted by atomic mass is 9.85. The molecule has 28 heavy (non-hydrogen) atoms. The van der Waals surface area contributed by atoms with Gasteiger partial charge in [0, 0.05) is 0 Å². The third-order valence-electron chi connectivity index (χ3n) is 5.63. The third-order valence-corrected chi connectivity index (χ3v) is 5.63. The molecule has 0 saturated carbocycles. The number of benzene rings is 2. The molecule has 0 aromatic heterocycles. The van der Waals surface area contributed by atoms with Crippen LogP contribution in [0.2, 0.25) is 0 Å². The molecule has 0 unspecified atom stereocenters. The van der Waals surface area contributed by atoms with Gasteiger partial charge in [-0.2, -0.15) is 0 Å². The molecule has 1 N–H and O–H groups in total. The van der Waals surface area contributed by atoms with Crippen molar-refractivity contribution in [2.75, 3.05) is 28.4 Å². The Kier molecular flexibility index (Phi) is 5.89. The highest BCUT2D eigenvalue weighted by molar-refractivity contribution is 5.54. The first-order valence-electron chi connectivity index (χ1n) is 9.27. The Bertz CT molecular complexity index is 809. The molecule has 6 heteroatoms. The first kappa shape index (κ1) is 20.1. The molecule has 1 aliphatic heterocycles.